The second-order valence-corrected chi connectivity index (χ2v) is 8.84. The van der Waals surface area contributed by atoms with Crippen molar-refractivity contribution >= 4 is 16.6 Å². The summed E-state index contributed by atoms with van der Waals surface area (Å²) in [6.07, 6.45) is 4.90. The maximum absolute atomic E-state index is 14.3. The van der Waals surface area contributed by atoms with E-state index in [2.05, 4.69) is 21.3 Å². The van der Waals surface area contributed by atoms with Gasteiger partial charge in [0.2, 0.25) is 0 Å². The predicted molar refractivity (Wildman–Crippen MR) is 136 cm³/mol. The van der Waals surface area contributed by atoms with Crippen LogP contribution in [-0.4, -0.2) is 24.3 Å². The van der Waals surface area contributed by atoms with Gasteiger partial charge in [-0.15, -0.1) is 0 Å². The molecule has 9 heteroatoms. The third-order valence-electron chi connectivity index (χ3n) is 6.54. The molecule has 0 spiro atoms. The number of H-pyrrole nitrogens is 1. The molecular formula is C27H21N7O2. The number of rotatable bonds is 4. The Morgan fingerprint density at radius 1 is 1.06 bits per heavy atom. The zero-order chi connectivity index (χ0) is 24.8. The van der Waals surface area contributed by atoms with Crippen molar-refractivity contribution in [3.8, 4) is 22.9 Å². The first-order valence-corrected chi connectivity index (χ1v) is 11.5. The van der Waals surface area contributed by atoms with Crippen LogP contribution in [-0.2, 0) is 19.6 Å². The van der Waals surface area contributed by atoms with Gasteiger partial charge in [-0.05, 0) is 34.9 Å². The number of fused-ring (bicyclic) bond motifs is 2. The second kappa shape index (κ2) is 8.36. The Morgan fingerprint density at radius 3 is 2.69 bits per heavy atom. The molecule has 0 aliphatic carbocycles. The van der Waals surface area contributed by atoms with Crippen LogP contribution in [0.5, 0.6) is 0 Å². The molecule has 4 heterocycles. The molecule has 6 rings (SSSR count). The SMILES string of the molecule is Cc1cncc(-n2c(=O)c(-c3cccc4ccccc34)c(N3Cc4cn[nH]c4C3)n(CC#N)c2=O)c1. The highest BCUT2D eigenvalue weighted by molar-refractivity contribution is 5.99. The van der Waals surface area contributed by atoms with Gasteiger partial charge < -0.3 is 4.90 Å². The third-order valence-corrected chi connectivity index (χ3v) is 6.54. The van der Waals surface area contributed by atoms with Crippen LogP contribution >= 0.6 is 0 Å². The van der Waals surface area contributed by atoms with Crippen molar-refractivity contribution in [1.29, 1.82) is 5.26 Å². The van der Waals surface area contributed by atoms with Gasteiger partial charge in [0.1, 0.15) is 12.4 Å². The maximum Gasteiger partial charge on any atom is 0.338 e. The number of nitrogens with one attached hydrogen (secondary N) is 1. The average molecular weight is 476 g/mol. The van der Waals surface area contributed by atoms with E-state index in [-0.39, 0.29) is 6.54 Å². The molecule has 0 saturated carbocycles. The number of nitrogens with zero attached hydrogens (tertiary/aromatic N) is 6. The molecule has 2 aromatic carbocycles. The predicted octanol–water partition coefficient (Wildman–Crippen LogP) is 3.29. The molecule has 0 amide bonds. The van der Waals surface area contributed by atoms with Gasteiger partial charge in [-0.2, -0.15) is 10.4 Å². The Labute approximate surface area is 205 Å². The molecule has 3 aromatic heterocycles. The van der Waals surface area contributed by atoms with Crippen molar-refractivity contribution in [3.63, 3.8) is 0 Å². The molecule has 1 N–H and O–H groups in total. The van der Waals surface area contributed by atoms with Crippen LogP contribution in [0.4, 0.5) is 5.82 Å². The Bertz CT molecular complexity index is 1780. The van der Waals surface area contributed by atoms with E-state index in [0.717, 1.165) is 32.2 Å². The standard InChI is InChI=1S/C27H21N7O2/c1-17-11-20(14-29-12-17)34-26(35)24(22-8-4-6-18-5-2-3-7-21(18)22)25(33(10-9-28)27(34)36)32-15-19-13-30-31-23(19)16-32/h2-8,11-14H,10,15-16H2,1H3,(H,30,31). The van der Waals surface area contributed by atoms with Gasteiger partial charge in [-0.25, -0.2) is 9.36 Å². The van der Waals surface area contributed by atoms with Crippen molar-refractivity contribution in [3.05, 3.63) is 105 Å². The van der Waals surface area contributed by atoms with Gasteiger partial charge in [0.15, 0.2) is 0 Å². The first-order chi connectivity index (χ1) is 17.6. The average Bonchev–Trinajstić information content (AvgIpc) is 3.48. The molecular weight excluding hydrogens is 454 g/mol. The monoisotopic (exact) mass is 475 g/mol. The number of aryl methyl sites for hydroxylation is 1. The summed E-state index contributed by atoms with van der Waals surface area (Å²) >= 11 is 0. The van der Waals surface area contributed by atoms with Gasteiger partial charge >= 0.3 is 5.69 Å². The second-order valence-electron chi connectivity index (χ2n) is 8.84. The van der Waals surface area contributed by atoms with Crippen molar-refractivity contribution < 1.29 is 0 Å². The van der Waals surface area contributed by atoms with E-state index in [1.54, 1.807) is 18.5 Å². The Balaban J connectivity index is 1.74. The number of hydrogen-bond acceptors (Lipinski definition) is 6. The highest BCUT2D eigenvalue weighted by Crippen LogP contribution is 2.36. The minimum atomic E-state index is -0.582. The lowest BCUT2D eigenvalue weighted by atomic mass is 9.98. The molecule has 0 bridgehead atoms. The summed E-state index contributed by atoms with van der Waals surface area (Å²) < 4.78 is 2.51. The Kier molecular flexibility index (Phi) is 5.00. The third kappa shape index (κ3) is 3.31. The van der Waals surface area contributed by atoms with Gasteiger partial charge in [0.05, 0.1) is 42.0 Å². The number of pyridine rings is 1. The van der Waals surface area contributed by atoms with Crippen LogP contribution in [0.2, 0.25) is 0 Å². The molecule has 9 nitrogen and oxygen atoms in total. The summed E-state index contributed by atoms with van der Waals surface area (Å²) in [5, 5.41) is 18.7. The highest BCUT2D eigenvalue weighted by atomic mass is 16.2. The number of benzene rings is 2. The van der Waals surface area contributed by atoms with Crippen molar-refractivity contribution in [2.24, 2.45) is 0 Å². The van der Waals surface area contributed by atoms with Crippen LogP contribution in [0.3, 0.4) is 0 Å². The van der Waals surface area contributed by atoms with Crippen LogP contribution in [0.1, 0.15) is 16.8 Å². The largest absolute Gasteiger partial charge is 0.347 e. The molecule has 0 fully saturated rings. The van der Waals surface area contributed by atoms with Crippen molar-refractivity contribution in [1.82, 2.24) is 24.3 Å². The van der Waals surface area contributed by atoms with Crippen molar-refractivity contribution in [2.75, 3.05) is 4.90 Å². The fourth-order valence-electron chi connectivity index (χ4n) is 4.96. The number of aromatic amines is 1. The fraction of sp³-hybridized carbons (Fsp3) is 0.148. The molecule has 1 aliphatic rings. The number of anilines is 1. The first kappa shape index (κ1) is 21.6. The molecule has 0 radical (unpaired) electrons. The van der Waals surface area contributed by atoms with Crippen LogP contribution in [0, 0.1) is 18.3 Å². The minimum absolute atomic E-state index is 0.214. The topological polar surface area (TPSA) is 113 Å². The van der Waals surface area contributed by atoms with Gasteiger partial charge in [-0.1, -0.05) is 42.5 Å². The highest BCUT2D eigenvalue weighted by Gasteiger charge is 2.30. The van der Waals surface area contributed by atoms with Gasteiger partial charge in [0.25, 0.3) is 5.56 Å². The lowest BCUT2D eigenvalue weighted by molar-refractivity contribution is 0.669. The van der Waals surface area contributed by atoms with Gasteiger partial charge in [0, 0.05) is 18.3 Å². The summed E-state index contributed by atoms with van der Waals surface area (Å²) in [7, 11) is 0. The molecule has 0 atom stereocenters. The number of hydrogen-bond donors (Lipinski definition) is 1. The number of nitriles is 1. The summed E-state index contributed by atoms with van der Waals surface area (Å²) in [4.78, 5) is 34.3. The van der Waals surface area contributed by atoms with E-state index in [1.165, 1.54) is 10.8 Å². The minimum Gasteiger partial charge on any atom is -0.347 e. The first-order valence-electron chi connectivity index (χ1n) is 11.5. The fourth-order valence-corrected chi connectivity index (χ4v) is 4.96. The van der Waals surface area contributed by atoms with E-state index < -0.39 is 11.2 Å². The summed E-state index contributed by atoms with van der Waals surface area (Å²) in [6, 6.07) is 17.4. The van der Waals surface area contributed by atoms with Crippen LogP contribution in [0.15, 0.2) is 76.7 Å². The maximum atomic E-state index is 14.3. The molecule has 5 aromatic rings. The van der Waals surface area contributed by atoms with E-state index in [9.17, 15) is 14.9 Å². The summed E-state index contributed by atoms with van der Waals surface area (Å²) in [5.74, 6) is 0.421. The zero-order valence-electron chi connectivity index (χ0n) is 19.5. The van der Waals surface area contributed by atoms with Gasteiger partial charge in [-0.3, -0.25) is 19.4 Å². The molecule has 176 valence electrons. The number of aromatic nitrogens is 5. The quantitative estimate of drug-likeness (QED) is 0.427. The van der Waals surface area contributed by atoms with E-state index >= 15 is 0 Å². The summed E-state index contributed by atoms with van der Waals surface area (Å²) in [5.41, 5.74) is 3.10. The van der Waals surface area contributed by atoms with Crippen molar-refractivity contribution in [2.45, 2.75) is 26.6 Å². The summed E-state index contributed by atoms with van der Waals surface area (Å²) in [6.45, 7) is 2.53. The zero-order valence-corrected chi connectivity index (χ0v) is 19.5. The van der Waals surface area contributed by atoms with E-state index in [0.29, 0.717) is 35.7 Å². The van der Waals surface area contributed by atoms with E-state index in [4.69, 9.17) is 0 Å². The lowest BCUT2D eigenvalue weighted by Crippen LogP contribution is -2.42. The van der Waals surface area contributed by atoms with Crippen LogP contribution in [0.25, 0.3) is 27.6 Å². The normalized spacial score (nSPS) is 12.6. The molecule has 0 saturated heterocycles. The van der Waals surface area contributed by atoms with E-state index in [1.807, 2.05) is 54.3 Å². The molecule has 36 heavy (non-hydrogen) atoms. The smallest absolute Gasteiger partial charge is 0.338 e. The lowest BCUT2D eigenvalue weighted by Gasteiger charge is -2.26. The van der Waals surface area contributed by atoms with Crippen LogP contribution < -0.4 is 16.1 Å². The Hall–Kier alpha value is -4.97. The Morgan fingerprint density at radius 2 is 1.89 bits per heavy atom. The molecule has 1 aliphatic heterocycles. The molecule has 0 unspecified atom stereocenters.